The van der Waals surface area contributed by atoms with Gasteiger partial charge in [-0.25, -0.2) is 9.97 Å². The number of carbonyl (C=O) groups excluding carboxylic acids is 1. The second-order valence-corrected chi connectivity index (χ2v) is 5.10. The average Bonchev–Trinajstić information content (AvgIpc) is 2.93. The van der Waals surface area contributed by atoms with E-state index in [1.54, 1.807) is 30.7 Å². The van der Waals surface area contributed by atoms with Gasteiger partial charge in [-0.15, -0.1) is 0 Å². The zero-order chi connectivity index (χ0) is 14.8. The fourth-order valence-corrected chi connectivity index (χ4v) is 2.20. The average molecular weight is 280 g/mol. The minimum absolute atomic E-state index is 0.151. The number of amides is 1. The van der Waals surface area contributed by atoms with Crippen LogP contribution in [0.3, 0.4) is 0 Å². The number of carbonyl (C=O) groups is 1. The van der Waals surface area contributed by atoms with E-state index in [1.165, 1.54) is 0 Å². The molecule has 3 rings (SSSR count). The van der Waals surface area contributed by atoms with Gasteiger partial charge in [-0.05, 0) is 32.0 Å². The SMILES string of the molecule is CC(C)n1cnc2c(NC(=O)c3ccccc3)ccnc21. The summed E-state index contributed by atoms with van der Waals surface area (Å²) in [6.45, 7) is 4.13. The van der Waals surface area contributed by atoms with Crippen molar-refractivity contribution < 1.29 is 4.79 Å². The van der Waals surface area contributed by atoms with Crippen LogP contribution < -0.4 is 5.32 Å². The topological polar surface area (TPSA) is 59.8 Å². The van der Waals surface area contributed by atoms with Crippen LogP contribution in [-0.2, 0) is 0 Å². The lowest BCUT2D eigenvalue weighted by Gasteiger charge is -2.08. The van der Waals surface area contributed by atoms with Crippen molar-refractivity contribution in [2.45, 2.75) is 19.9 Å². The number of aromatic nitrogens is 3. The zero-order valence-electron chi connectivity index (χ0n) is 11.9. The van der Waals surface area contributed by atoms with Crippen LogP contribution in [0.25, 0.3) is 11.2 Å². The van der Waals surface area contributed by atoms with Crippen LogP contribution in [0.2, 0.25) is 0 Å². The van der Waals surface area contributed by atoms with E-state index in [0.29, 0.717) is 16.8 Å². The number of hydrogen-bond donors (Lipinski definition) is 1. The van der Waals surface area contributed by atoms with Crippen LogP contribution in [0.1, 0.15) is 30.2 Å². The Hall–Kier alpha value is -2.69. The molecular formula is C16H16N4O. The van der Waals surface area contributed by atoms with Crippen LogP contribution in [-0.4, -0.2) is 20.4 Å². The Morgan fingerprint density at radius 2 is 1.90 bits per heavy atom. The molecule has 5 heteroatoms. The van der Waals surface area contributed by atoms with Crippen LogP contribution in [0.5, 0.6) is 0 Å². The maximum atomic E-state index is 12.2. The number of hydrogen-bond acceptors (Lipinski definition) is 3. The summed E-state index contributed by atoms with van der Waals surface area (Å²) in [5, 5.41) is 2.90. The summed E-state index contributed by atoms with van der Waals surface area (Å²) in [6.07, 6.45) is 3.43. The Labute approximate surface area is 122 Å². The summed E-state index contributed by atoms with van der Waals surface area (Å²) in [5.41, 5.74) is 2.77. The Bertz CT molecular complexity index is 777. The summed E-state index contributed by atoms with van der Waals surface area (Å²) < 4.78 is 1.98. The quantitative estimate of drug-likeness (QED) is 0.801. The maximum absolute atomic E-state index is 12.2. The van der Waals surface area contributed by atoms with Crippen LogP contribution in [0, 0.1) is 0 Å². The molecule has 0 aliphatic carbocycles. The van der Waals surface area contributed by atoms with E-state index in [2.05, 4.69) is 29.1 Å². The Morgan fingerprint density at radius 1 is 1.14 bits per heavy atom. The highest BCUT2D eigenvalue weighted by Gasteiger charge is 2.13. The normalized spacial score (nSPS) is 11.0. The third-order valence-corrected chi connectivity index (χ3v) is 3.30. The Balaban J connectivity index is 1.96. The number of nitrogens with zero attached hydrogens (tertiary/aromatic N) is 3. The second-order valence-electron chi connectivity index (χ2n) is 5.10. The largest absolute Gasteiger partial charge is 0.320 e. The number of anilines is 1. The lowest BCUT2D eigenvalue weighted by atomic mass is 10.2. The molecule has 0 atom stereocenters. The number of rotatable bonds is 3. The van der Waals surface area contributed by atoms with Crippen molar-refractivity contribution in [1.29, 1.82) is 0 Å². The van der Waals surface area contributed by atoms with E-state index in [9.17, 15) is 4.79 Å². The van der Waals surface area contributed by atoms with E-state index >= 15 is 0 Å². The molecule has 1 N–H and O–H groups in total. The summed E-state index contributed by atoms with van der Waals surface area (Å²) in [6, 6.07) is 11.1. The van der Waals surface area contributed by atoms with Gasteiger partial charge < -0.3 is 9.88 Å². The van der Waals surface area contributed by atoms with E-state index in [4.69, 9.17) is 0 Å². The number of imidazole rings is 1. The minimum Gasteiger partial charge on any atom is -0.320 e. The highest BCUT2D eigenvalue weighted by molar-refractivity contribution is 6.07. The first-order valence-corrected chi connectivity index (χ1v) is 6.85. The van der Waals surface area contributed by atoms with Gasteiger partial charge in [0.2, 0.25) is 0 Å². The molecule has 2 heterocycles. The highest BCUT2D eigenvalue weighted by atomic mass is 16.1. The lowest BCUT2D eigenvalue weighted by molar-refractivity contribution is 0.102. The smallest absolute Gasteiger partial charge is 0.255 e. The number of pyridine rings is 1. The highest BCUT2D eigenvalue weighted by Crippen LogP contribution is 2.22. The van der Waals surface area contributed by atoms with Crippen LogP contribution >= 0.6 is 0 Å². The van der Waals surface area contributed by atoms with Crippen molar-refractivity contribution in [3.8, 4) is 0 Å². The third kappa shape index (κ3) is 2.50. The van der Waals surface area contributed by atoms with E-state index < -0.39 is 0 Å². The van der Waals surface area contributed by atoms with Crippen molar-refractivity contribution >= 4 is 22.8 Å². The molecule has 0 unspecified atom stereocenters. The molecule has 0 saturated heterocycles. The number of benzene rings is 1. The third-order valence-electron chi connectivity index (χ3n) is 3.30. The first-order chi connectivity index (χ1) is 10.2. The van der Waals surface area contributed by atoms with Crippen molar-refractivity contribution in [2.24, 2.45) is 0 Å². The molecule has 5 nitrogen and oxygen atoms in total. The molecule has 106 valence electrons. The standard InChI is InChI=1S/C16H16N4O/c1-11(2)20-10-18-14-13(8-9-17-15(14)20)19-16(21)12-6-4-3-5-7-12/h3-11H,1-2H3,(H,17,19,21). The summed E-state index contributed by atoms with van der Waals surface area (Å²) in [4.78, 5) is 21.0. The van der Waals surface area contributed by atoms with Crippen molar-refractivity contribution in [1.82, 2.24) is 14.5 Å². The Kier molecular flexibility index (Phi) is 3.39. The summed E-state index contributed by atoms with van der Waals surface area (Å²) in [7, 11) is 0. The molecule has 0 aliphatic heterocycles. The molecule has 0 spiro atoms. The fourth-order valence-electron chi connectivity index (χ4n) is 2.20. The molecule has 0 fully saturated rings. The molecule has 21 heavy (non-hydrogen) atoms. The van der Waals surface area contributed by atoms with Gasteiger partial charge in [0.15, 0.2) is 5.65 Å². The lowest BCUT2D eigenvalue weighted by Crippen LogP contribution is -2.12. The molecule has 0 radical (unpaired) electrons. The predicted octanol–water partition coefficient (Wildman–Crippen LogP) is 3.26. The monoisotopic (exact) mass is 280 g/mol. The predicted molar refractivity (Wildman–Crippen MR) is 82.3 cm³/mol. The maximum Gasteiger partial charge on any atom is 0.255 e. The molecule has 1 amide bonds. The van der Waals surface area contributed by atoms with Crippen molar-refractivity contribution in [2.75, 3.05) is 5.32 Å². The van der Waals surface area contributed by atoms with Crippen LogP contribution in [0.4, 0.5) is 5.69 Å². The summed E-state index contributed by atoms with van der Waals surface area (Å²) >= 11 is 0. The van der Waals surface area contributed by atoms with E-state index in [1.807, 2.05) is 22.8 Å². The first-order valence-electron chi connectivity index (χ1n) is 6.85. The van der Waals surface area contributed by atoms with Gasteiger partial charge in [-0.3, -0.25) is 4.79 Å². The zero-order valence-corrected chi connectivity index (χ0v) is 11.9. The van der Waals surface area contributed by atoms with Crippen LogP contribution in [0.15, 0.2) is 48.9 Å². The molecule has 3 aromatic rings. The van der Waals surface area contributed by atoms with Gasteiger partial charge in [0.05, 0.1) is 12.0 Å². The molecule has 0 bridgehead atoms. The van der Waals surface area contributed by atoms with Gasteiger partial charge in [0, 0.05) is 17.8 Å². The second kappa shape index (κ2) is 5.36. The van der Waals surface area contributed by atoms with Gasteiger partial charge >= 0.3 is 0 Å². The van der Waals surface area contributed by atoms with Gasteiger partial charge in [-0.2, -0.15) is 0 Å². The molecule has 0 saturated carbocycles. The first kappa shape index (κ1) is 13.3. The van der Waals surface area contributed by atoms with Gasteiger partial charge in [-0.1, -0.05) is 18.2 Å². The molecule has 1 aromatic carbocycles. The number of nitrogens with one attached hydrogen (secondary N) is 1. The van der Waals surface area contributed by atoms with Gasteiger partial charge in [0.1, 0.15) is 5.52 Å². The molecule has 0 aliphatic rings. The van der Waals surface area contributed by atoms with Crippen molar-refractivity contribution in [3.05, 3.63) is 54.5 Å². The minimum atomic E-state index is -0.151. The van der Waals surface area contributed by atoms with E-state index in [0.717, 1.165) is 5.65 Å². The van der Waals surface area contributed by atoms with E-state index in [-0.39, 0.29) is 11.9 Å². The molecular weight excluding hydrogens is 264 g/mol. The number of fused-ring (bicyclic) bond motifs is 1. The fraction of sp³-hybridized carbons (Fsp3) is 0.188. The van der Waals surface area contributed by atoms with Crippen molar-refractivity contribution in [3.63, 3.8) is 0 Å². The van der Waals surface area contributed by atoms with Gasteiger partial charge in [0.25, 0.3) is 5.91 Å². The molecule has 2 aromatic heterocycles. The summed E-state index contributed by atoms with van der Waals surface area (Å²) in [5.74, 6) is -0.151. The Morgan fingerprint density at radius 3 is 2.62 bits per heavy atom.